The number of rotatable bonds is 8. The molecular formula is C22H24N2O2S2. The zero-order valence-electron chi connectivity index (χ0n) is 15.8. The molecule has 1 unspecified atom stereocenters. The van der Waals surface area contributed by atoms with E-state index in [4.69, 9.17) is 9.72 Å². The number of benzene rings is 1. The van der Waals surface area contributed by atoms with E-state index in [9.17, 15) is 4.79 Å². The van der Waals surface area contributed by atoms with Gasteiger partial charge in [-0.2, -0.15) is 0 Å². The fourth-order valence-electron chi connectivity index (χ4n) is 3.43. The molecule has 1 aliphatic heterocycles. The van der Waals surface area contributed by atoms with Crippen molar-refractivity contribution in [3.63, 3.8) is 0 Å². The average Bonchev–Trinajstić information content (AvgIpc) is 3.46. The summed E-state index contributed by atoms with van der Waals surface area (Å²) < 4.78 is 5.77. The number of hydrogen-bond acceptors (Lipinski definition) is 5. The first-order chi connectivity index (χ1) is 13.8. The molecule has 4 nitrogen and oxygen atoms in total. The van der Waals surface area contributed by atoms with E-state index in [0.29, 0.717) is 19.5 Å². The first kappa shape index (κ1) is 19.3. The first-order valence-electron chi connectivity index (χ1n) is 9.65. The van der Waals surface area contributed by atoms with Gasteiger partial charge in [0, 0.05) is 29.8 Å². The maximum Gasteiger partial charge on any atom is 0.229 e. The molecule has 1 aromatic carbocycles. The standard InChI is InChI=1S/C22H24N2O2S2/c25-22(13-18-16-28-21(23-18)12-17-6-2-1-3-7-17)24(14-19-8-4-10-26-19)15-20-9-5-11-27-20/h1-3,5-7,9,11,16,19H,4,8,10,12-15H2. The molecule has 0 aliphatic carbocycles. The Morgan fingerprint density at radius 2 is 2.07 bits per heavy atom. The van der Waals surface area contributed by atoms with Crippen LogP contribution < -0.4 is 0 Å². The number of carbonyl (C=O) groups is 1. The normalized spacial score (nSPS) is 16.4. The van der Waals surface area contributed by atoms with Gasteiger partial charge in [-0.15, -0.1) is 22.7 Å². The molecule has 1 amide bonds. The second kappa shape index (κ2) is 9.45. The molecule has 146 valence electrons. The highest BCUT2D eigenvalue weighted by Crippen LogP contribution is 2.20. The van der Waals surface area contributed by atoms with Gasteiger partial charge in [-0.3, -0.25) is 4.79 Å². The third kappa shape index (κ3) is 5.28. The van der Waals surface area contributed by atoms with Crippen molar-refractivity contribution < 1.29 is 9.53 Å². The first-order valence-corrected chi connectivity index (χ1v) is 11.4. The minimum atomic E-state index is 0.125. The molecule has 4 rings (SSSR count). The lowest BCUT2D eigenvalue weighted by atomic mass is 10.2. The van der Waals surface area contributed by atoms with E-state index in [0.717, 1.165) is 36.6 Å². The summed E-state index contributed by atoms with van der Waals surface area (Å²) in [6.45, 7) is 2.12. The summed E-state index contributed by atoms with van der Waals surface area (Å²) in [5, 5.41) is 5.13. The van der Waals surface area contributed by atoms with Gasteiger partial charge in [-0.25, -0.2) is 4.98 Å². The Labute approximate surface area is 173 Å². The van der Waals surface area contributed by atoms with Crippen molar-refractivity contribution in [2.24, 2.45) is 0 Å². The van der Waals surface area contributed by atoms with Gasteiger partial charge in [0.1, 0.15) is 0 Å². The Balaban J connectivity index is 1.40. The Kier molecular flexibility index (Phi) is 6.52. The van der Waals surface area contributed by atoms with E-state index < -0.39 is 0 Å². The molecule has 1 fully saturated rings. The summed E-state index contributed by atoms with van der Waals surface area (Å²) in [5.41, 5.74) is 2.11. The van der Waals surface area contributed by atoms with E-state index in [1.807, 2.05) is 34.5 Å². The molecular weight excluding hydrogens is 388 g/mol. The molecule has 1 saturated heterocycles. The van der Waals surface area contributed by atoms with Gasteiger partial charge in [0.15, 0.2) is 0 Å². The molecule has 0 bridgehead atoms. The molecule has 1 atom stereocenters. The molecule has 0 radical (unpaired) electrons. The molecule has 3 aromatic rings. The fourth-order valence-corrected chi connectivity index (χ4v) is 4.98. The van der Waals surface area contributed by atoms with Crippen molar-refractivity contribution in [1.82, 2.24) is 9.88 Å². The van der Waals surface area contributed by atoms with Crippen LogP contribution in [0.5, 0.6) is 0 Å². The number of ether oxygens (including phenoxy) is 1. The van der Waals surface area contributed by atoms with Crippen molar-refractivity contribution >= 4 is 28.6 Å². The van der Waals surface area contributed by atoms with Crippen LogP contribution in [-0.2, 0) is 28.9 Å². The second-order valence-corrected chi connectivity index (χ2v) is 9.04. The Hall–Kier alpha value is -2.02. The maximum atomic E-state index is 13.0. The van der Waals surface area contributed by atoms with Crippen LogP contribution in [0.15, 0.2) is 53.2 Å². The van der Waals surface area contributed by atoms with Crippen LogP contribution in [0.3, 0.4) is 0 Å². The number of thiophene rings is 1. The Morgan fingerprint density at radius 1 is 1.18 bits per heavy atom. The van der Waals surface area contributed by atoms with Gasteiger partial charge in [0.25, 0.3) is 0 Å². The van der Waals surface area contributed by atoms with Crippen molar-refractivity contribution in [3.8, 4) is 0 Å². The highest BCUT2D eigenvalue weighted by Gasteiger charge is 2.23. The van der Waals surface area contributed by atoms with E-state index >= 15 is 0 Å². The summed E-state index contributed by atoms with van der Waals surface area (Å²) in [5.74, 6) is 0.125. The largest absolute Gasteiger partial charge is 0.376 e. The smallest absolute Gasteiger partial charge is 0.229 e. The van der Waals surface area contributed by atoms with Crippen molar-refractivity contribution in [2.45, 2.75) is 38.3 Å². The molecule has 0 spiro atoms. The lowest BCUT2D eigenvalue weighted by Crippen LogP contribution is -2.37. The summed E-state index contributed by atoms with van der Waals surface area (Å²) >= 11 is 3.32. The molecule has 1 aliphatic rings. The van der Waals surface area contributed by atoms with Gasteiger partial charge < -0.3 is 9.64 Å². The highest BCUT2D eigenvalue weighted by molar-refractivity contribution is 7.10. The third-order valence-electron chi connectivity index (χ3n) is 4.86. The minimum Gasteiger partial charge on any atom is -0.376 e. The SMILES string of the molecule is O=C(Cc1csc(Cc2ccccc2)n1)N(Cc1cccs1)CC1CCCO1. The number of nitrogens with zero attached hydrogens (tertiary/aromatic N) is 2. The number of hydrogen-bond donors (Lipinski definition) is 0. The van der Waals surface area contributed by atoms with Gasteiger partial charge >= 0.3 is 0 Å². The molecule has 3 heterocycles. The van der Waals surface area contributed by atoms with Crippen molar-refractivity contribution in [3.05, 3.63) is 74.4 Å². The summed E-state index contributed by atoms with van der Waals surface area (Å²) in [4.78, 5) is 20.9. The lowest BCUT2D eigenvalue weighted by molar-refractivity contribution is -0.132. The molecule has 0 N–H and O–H groups in total. The third-order valence-corrected chi connectivity index (χ3v) is 6.62. The molecule has 0 saturated carbocycles. The van der Waals surface area contributed by atoms with E-state index in [1.54, 1.807) is 22.7 Å². The quantitative estimate of drug-likeness (QED) is 0.545. The van der Waals surface area contributed by atoms with Crippen LogP contribution in [-0.4, -0.2) is 35.0 Å². The predicted octanol–water partition coefficient (Wildman–Crippen LogP) is 4.55. The van der Waals surface area contributed by atoms with Crippen LogP contribution in [0.25, 0.3) is 0 Å². The van der Waals surface area contributed by atoms with Crippen LogP contribution in [0.2, 0.25) is 0 Å². The van der Waals surface area contributed by atoms with Crippen LogP contribution in [0.4, 0.5) is 0 Å². The number of thiazole rings is 1. The van der Waals surface area contributed by atoms with Crippen LogP contribution in [0, 0.1) is 0 Å². The Morgan fingerprint density at radius 3 is 2.82 bits per heavy atom. The van der Waals surface area contributed by atoms with Gasteiger partial charge in [0.2, 0.25) is 5.91 Å². The monoisotopic (exact) mass is 412 g/mol. The van der Waals surface area contributed by atoms with Crippen LogP contribution in [0.1, 0.15) is 34.0 Å². The molecule has 28 heavy (non-hydrogen) atoms. The molecule has 6 heteroatoms. The van der Waals surface area contributed by atoms with Gasteiger partial charge in [0.05, 0.1) is 29.8 Å². The minimum absolute atomic E-state index is 0.125. The second-order valence-electron chi connectivity index (χ2n) is 7.06. The van der Waals surface area contributed by atoms with Gasteiger partial charge in [-0.05, 0) is 29.9 Å². The maximum absolute atomic E-state index is 13.0. The fraction of sp³-hybridized carbons (Fsp3) is 0.364. The lowest BCUT2D eigenvalue weighted by Gasteiger charge is -2.25. The predicted molar refractivity (Wildman–Crippen MR) is 114 cm³/mol. The molecule has 2 aromatic heterocycles. The zero-order chi connectivity index (χ0) is 19.2. The zero-order valence-corrected chi connectivity index (χ0v) is 17.4. The summed E-state index contributed by atoms with van der Waals surface area (Å²) in [6, 6.07) is 14.4. The van der Waals surface area contributed by atoms with E-state index in [-0.39, 0.29) is 12.0 Å². The van der Waals surface area contributed by atoms with Crippen LogP contribution >= 0.6 is 22.7 Å². The Bertz CT molecular complexity index is 871. The summed E-state index contributed by atoms with van der Waals surface area (Å²) in [6.07, 6.45) is 3.44. The summed E-state index contributed by atoms with van der Waals surface area (Å²) in [7, 11) is 0. The topological polar surface area (TPSA) is 42.4 Å². The number of aromatic nitrogens is 1. The number of amides is 1. The van der Waals surface area contributed by atoms with Crippen molar-refractivity contribution in [1.29, 1.82) is 0 Å². The van der Waals surface area contributed by atoms with Crippen molar-refractivity contribution in [2.75, 3.05) is 13.2 Å². The highest BCUT2D eigenvalue weighted by atomic mass is 32.1. The van der Waals surface area contributed by atoms with Gasteiger partial charge in [-0.1, -0.05) is 36.4 Å². The average molecular weight is 413 g/mol. The van der Waals surface area contributed by atoms with E-state index in [2.05, 4.69) is 23.6 Å². The van der Waals surface area contributed by atoms with E-state index in [1.165, 1.54) is 10.4 Å². The number of carbonyl (C=O) groups excluding carboxylic acids is 1.